The molecule has 3 aromatic carbocycles. The minimum atomic E-state index is -0.744. The Kier molecular flexibility index (Phi) is 5.34. The molecular formula is C25H26F2O. The van der Waals surface area contributed by atoms with Crippen LogP contribution in [0.2, 0.25) is 0 Å². The van der Waals surface area contributed by atoms with E-state index in [0.717, 1.165) is 11.3 Å². The molecule has 0 unspecified atom stereocenters. The lowest BCUT2D eigenvalue weighted by molar-refractivity contribution is 0.308. The summed E-state index contributed by atoms with van der Waals surface area (Å²) in [6.45, 7) is 2.25. The van der Waals surface area contributed by atoms with E-state index in [1.165, 1.54) is 62.3 Å². The summed E-state index contributed by atoms with van der Waals surface area (Å²) in [7, 11) is 0. The first-order valence-electron chi connectivity index (χ1n) is 10.3. The Hall–Kier alpha value is -2.42. The van der Waals surface area contributed by atoms with Gasteiger partial charge in [-0.1, -0.05) is 56.2 Å². The second-order valence-electron chi connectivity index (χ2n) is 8.08. The van der Waals surface area contributed by atoms with Crippen molar-refractivity contribution in [1.82, 2.24) is 0 Å². The lowest BCUT2D eigenvalue weighted by atomic mass is 9.77. The molecule has 1 nitrogen and oxygen atoms in total. The Morgan fingerprint density at radius 3 is 2.43 bits per heavy atom. The second kappa shape index (κ2) is 7.90. The van der Waals surface area contributed by atoms with Gasteiger partial charge < -0.3 is 5.11 Å². The highest BCUT2D eigenvalue weighted by molar-refractivity contribution is 5.89. The second-order valence-corrected chi connectivity index (χ2v) is 8.08. The van der Waals surface area contributed by atoms with Gasteiger partial charge in [0.05, 0.1) is 0 Å². The monoisotopic (exact) mass is 380 g/mol. The third kappa shape index (κ3) is 3.63. The van der Waals surface area contributed by atoms with Gasteiger partial charge in [-0.3, -0.25) is 0 Å². The fraction of sp³-hybridized carbons (Fsp3) is 0.360. The number of hydrogen-bond donors (Lipinski definition) is 1. The van der Waals surface area contributed by atoms with E-state index in [2.05, 4.69) is 19.1 Å². The summed E-state index contributed by atoms with van der Waals surface area (Å²) in [6, 6.07) is 13.6. The van der Waals surface area contributed by atoms with Crippen LogP contribution in [0, 0.1) is 17.6 Å². The van der Waals surface area contributed by atoms with Crippen molar-refractivity contribution in [2.45, 2.75) is 51.4 Å². The summed E-state index contributed by atoms with van der Waals surface area (Å²) in [5.41, 5.74) is 2.07. The van der Waals surface area contributed by atoms with Crippen LogP contribution < -0.4 is 0 Å². The first kappa shape index (κ1) is 18.9. The van der Waals surface area contributed by atoms with Crippen molar-refractivity contribution in [1.29, 1.82) is 0 Å². The maximum Gasteiger partial charge on any atom is 0.165 e. The molecule has 0 aliphatic heterocycles. The number of halogens is 2. The Morgan fingerprint density at radius 1 is 0.929 bits per heavy atom. The first-order chi connectivity index (χ1) is 13.6. The van der Waals surface area contributed by atoms with Gasteiger partial charge in [-0.15, -0.1) is 0 Å². The summed E-state index contributed by atoms with van der Waals surface area (Å²) >= 11 is 0. The molecule has 1 N–H and O–H groups in total. The molecule has 3 heteroatoms. The number of phenols is 1. The lowest BCUT2D eigenvalue weighted by Gasteiger charge is -2.28. The van der Waals surface area contributed by atoms with Gasteiger partial charge in [0.25, 0.3) is 0 Å². The van der Waals surface area contributed by atoms with Crippen molar-refractivity contribution in [3.05, 3.63) is 65.7 Å². The van der Waals surface area contributed by atoms with E-state index in [0.29, 0.717) is 22.4 Å². The van der Waals surface area contributed by atoms with Crippen LogP contribution in [0.3, 0.4) is 0 Å². The topological polar surface area (TPSA) is 20.2 Å². The van der Waals surface area contributed by atoms with Gasteiger partial charge in [-0.05, 0) is 66.2 Å². The molecule has 0 aromatic heterocycles. The van der Waals surface area contributed by atoms with E-state index in [4.69, 9.17) is 0 Å². The number of rotatable bonds is 4. The van der Waals surface area contributed by atoms with Gasteiger partial charge in [0.15, 0.2) is 11.6 Å². The molecule has 1 aliphatic rings. The molecule has 4 rings (SSSR count). The van der Waals surface area contributed by atoms with Crippen molar-refractivity contribution in [2.75, 3.05) is 0 Å². The number of aromatic hydroxyl groups is 1. The maximum atomic E-state index is 15.1. The SMILES string of the molecule is CCC[C@H]1CC[C@H](c2ccc3c(F)c(-c4ccc(O)c(F)c4)ccc3c2)CC1. The van der Waals surface area contributed by atoms with E-state index < -0.39 is 11.6 Å². The van der Waals surface area contributed by atoms with Gasteiger partial charge in [0, 0.05) is 10.9 Å². The molecule has 0 amide bonds. The van der Waals surface area contributed by atoms with Crippen molar-refractivity contribution < 1.29 is 13.9 Å². The van der Waals surface area contributed by atoms with Gasteiger partial charge in [-0.25, -0.2) is 8.78 Å². The summed E-state index contributed by atoms with van der Waals surface area (Å²) in [4.78, 5) is 0. The predicted octanol–water partition coefficient (Wildman–Crippen LogP) is 7.56. The average Bonchev–Trinajstić information content (AvgIpc) is 2.71. The molecule has 0 atom stereocenters. The molecule has 1 saturated carbocycles. The summed E-state index contributed by atoms with van der Waals surface area (Å²) in [6.07, 6.45) is 7.59. The van der Waals surface area contributed by atoms with Crippen LogP contribution in [-0.4, -0.2) is 5.11 Å². The van der Waals surface area contributed by atoms with Crippen LogP contribution >= 0.6 is 0 Å². The molecule has 0 spiro atoms. The molecule has 0 heterocycles. The van der Waals surface area contributed by atoms with Crippen LogP contribution in [-0.2, 0) is 0 Å². The summed E-state index contributed by atoms with van der Waals surface area (Å²) < 4.78 is 28.8. The highest BCUT2D eigenvalue weighted by Gasteiger charge is 2.22. The molecule has 1 aliphatic carbocycles. The Bertz CT molecular complexity index is 987. The van der Waals surface area contributed by atoms with Crippen molar-refractivity contribution in [3.63, 3.8) is 0 Å². The largest absolute Gasteiger partial charge is 0.505 e. The minimum absolute atomic E-state index is 0.346. The van der Waals surface area contributed by atoms with Gasteiger partial charge >= 0.3 is 0 Å². The molecule has 0 saturated heterocycles. The fourth-order valence-electron chi connectivity index (χ4n) is 4.65. The van der Waals surface area contributed by atoms with Gasteiger partial charge in [0.1, 0.15) is 5.82 Å². The average molecular weight is 380 g/mol. The van der Waals surface area contributed by atoms with E-state index in [-0.39, 0.29) is 5.82 Å². The predicted molar refractivity (Wildman–Crippen MR) is 111 cm³/mol. The number of hydrogen-bond acceptors (Lipinski definition) is 1. The van der Waals surface area contributed by atoms with E-state index in [9.17, 15) is 9.50 Å². The highest BCUT2D eigenvalue weighted by atomic mass is 19.1. The smallest absolute Gasteiger partial charge is 0.165 e. The van der Waals surface area contributed by atoms with Crippen molar-refractivity contribution in [3.8, 4) is 16.9 Å². The normalized spacial score (nSPS) is 19.8. The summed E-state index contributed by atoms with van der Waals surface area (Å²) in [5.74, 6) is -0.0890. The fourth-order valence-corrected chi connectivity index (χ4v) is 4.65. The van der Waals surface area contributed by atoms with E-state index >= 15 is 4.39 Å². The van der Waals surface area contributed by atoms with Gasteiger partial charge in [0.2, 0.25) is 0 Å². The molecular weight excluding hydrogens is 354 g/mol. The molecule has 0 bridgehead atoms. The molecule has 146 valence electrons. The summed E-state index contributed by atoms with van der Waals surface area (Å²) in [5, 5.41) is 10.8. The first-order valence-corrected chi connectivity index (χ1v) is 10.3. The Balaban J connectivity index is 1.62. The number of benzene rings is 3. The Morgan fingerprint density at radius 2 is 1.71 bits per heavy atom. The number of phenolic OH excluding ortho intramolecular Hbond substituents is 1. The van der Waals surface area contributed by atoms with Crippen LogP contribution in [0.15, 0.2) is 48.5 Å². The Labute approximate surface area is 165 Å². The van der Waals surface area contributed by atoms with Crippen LogP contribution in [0.25, 0.3) is 21.9 Å². The van der Waals surface area contributed by atoms with E-state index in [1.54, 1.807) is 6.07 Å². The van der Waals surface area contributed by atoms with Crippen LogP contribution in [0.4, 0.5) is 8.78 Å². The molecule has 0 radical (unpaired) electrons. The van der Waals surface area contributed by atoms with Crippen molar-refractivity contribution >= 4 is 10.8 Å². The molecule has 1 fully saturated rings. The van der Waals surface area contributed by atoms with E-state index in [1.807, 2.05) is 12.1 Å². The zero-order chi connectivity index (χ0) is 19.7. The zero-order valence-corrected chi connectivity index (χ0v) is 16.2. The lowest BCUT2D eigenvalue weighted by Crippen LogP contribution is -2.13. The van der Waals surface area contributed by atoms with Crippen LogP contribution in [0.1, 0.15) is 56.9 Å². The third-order valence-electron chi connectivity index (χ3n) is 6.25. The molecule has 3 aromatic rings. The van der Waals surface area contributed by atoms with Crippen molar-refractivity contribution in [2.24, 2.45) is 5.92 Å². The highest BCUT2D eigenvalue weighted by Crippen LogP contribution is 2.39. The number of fused-ring (bicyclic) bond motifs is 1. The zero-order valence-electron chi connectivity index (χ0n) is 16.2. The quantitative estimate of drug-likeness (QED) is 0.495. The third-order valence-corrected chi connectivity index (χ3v) is 6.25. The van der Waals surface area contributed by atoms with Gasteiger partial charge in [-0.2, -0.15) is 0 Å². The maximum absolute atomic E-state index is 15.1. The minimum Gasteiger partial charge on any atom is -0.505 e. The molecule has 28 heavy (non-hydrogen) atoms. The standard InChI is InChI=1S/C25H26F2O/c1-2-3-16-4-6-17(7-5-16)18-8-11-21-19(14-18)9-12-22(25(21)27)20-10-13-24(28)23(26)15-20/h8-17,28H,2-7H2,1H3/t16-,17-. The van der Waals surface area contributed by atoms with Crippen LogP contribution in [0.5, 0.6) is 5.75 Å².